The first-order valence-electron chi connectivity index (χ1n) is 17.0. The molecule has 3 fully saturated rings. The van der Waals surface area contributed by atoms with Crippen molar-refractivity contribution >= 4 is 61.9 Å². The number of likely N-dealkylation sites (tertiary alicyclic amines) is 1. The van der Waals surface area contributed by atoms with Crippen LogP contribution < -0.4 is 4.90 Å². The smallest absolute Gasteiger partial charge is 0.251 e. The number of alkyl halides is 1. The summed E-state index contributed by atoms with van der Waals surface area (Å²) in [5, 5.41) is 12.8. The third kappa shape index (κ3) is 5.79. The Morgan fingerprint density at radius 1 is 0.920 bits per heavy atom. The summed E-state index contributed by atoms with van der Waals surface area (Å²) in [5.74, 6) is -2.07. The van der Waals surface area contributed by atoms with Gasteiger partial charge in [0.1, 0.15) is 6.04 Å². The molecule has 0 aliphatic carbocycles. The number of nitrogens with zero attached hydrogens (tertiary/aromatic N) is 3. The molecule has 256 valence electrons. The van der Waals surface area contributed by atoms with E-state index in [0.29, 0.717) is 25.2 Å². The van der Waals surface area contributed by atoms with Gasteiger partial charge < -0.3 is 19.8 Å². The molecule has 3 aliphatic rings. The lowest BCUT2D eigenvalue weighted by atomic mass is 9.70. The zero-order valence-corrected chi connectivity index (χ0v) is 30.1. The molecule has 50 heavy (non-hydrogen) atoms. The van der Waals surface area contributed by atoms with Crippen LogP contribution >= 0.6 is 27.7 Å². The van der Waals surface area contributed by atoms with Crippen LogP contribution in [0.3, 0.4) is 0 Å². The first kappa shape index (κ1) is 34.3. The maximum atomic E-state index is 15.3. The van der Waals surface area contributed by atoms with E-state index in [-0.39, 0.29) is 41.0 Å². The largest absolute Gasteiger partial charge is 0.394 e. The van der Waals surface area contributed by atoms with Gasteiger partial charge >= 0.3 is 0 Å². The Hall–Kier alpha value is -4.18. The van der Waals surface area contributed by atoms with E-state index in [9.17, 15) is 9.90 Å². The van der Waals surface area contributed by atoms with Crippen LogP contribution in [0.25, 0.3) is 10.8 Å². The van der Waals surface area contributed by atoms with Gasteiger partial charge in [0.2, 0.25) is 11.8 Å². The maximum absolute atomic E-state index is 15.3. The molecule has 1 spiro atoms. The molecule has 0 saturated carbocycles. The van der Waals surface area contributed by atoms with Crippen LogP contribution in [-0.4, -0.2) is 73.2 Å². The molecule has 3 saturated heterocycles. The summed E-state index contributed by atoms with van der Waals surface area (Å²) in [5.41, 5.74) is 2.41. The molecule has 4 aromatic carbocycles. The summed E-state index contributed by atoms with van der Waals surface area (Å²) in [6.45, 7) is 8.46. The molecule has 7 atom stereocenters. The number of carbonyl (C=O) groups excluding carboxylic acids is 3. The molecule has 3 aliphatic heterocycles. The van der Waals surface area contributed by atoms with E-state index in [1.807, 2.05) is 103 Å². The second-order valence-corrected chi connectivity index (χ2v) is 16.0. The van der Waals surface area contributed by atoms with Gasteiger partial charge in [0.05, 0.1) is 29.2 Å². The van der Waals surface area contributed by atoms with Crippen molar-refractivity contribution < 1.29 is 19.5 Å². The van der Waals surface area contributed by atoms with Crippen LogP contribution in [-0.2, 0) is 20.9 Å². The van der Waals surface area contributed by atoms with Gasteiger partial charge in [-0.1, -0.05) is 119 Å². The highest BCUT2D eigenvalue weighted by Crippen LogP contribution is 2.69. The van der Waals surface area contributed by atoms with Crippen LogP contribution in [0.4, 0.5) is 5.69 Å². The normalized spacial score (nSPS) is 25.7. The number of hydrogen-bond donors (Lipinski definition) is 1. The Morgan fingerprint density at radius 3 is 2.26 bits per heavy atom. The monoisotopic (exact) mass is 749 g/mol. The molecule has 7 rings (SSSR count). The number of thioether (sulfide) groups is 1. The molecule has 2 bridgehead atoms. The van der Waals surface area contributed by atoms with Crippen molar-refractivity contribution in [3.63, 3.8) is 0 Å². The molecular weight excluding hydrogens is 710 g/mol. The zero-order valence-electron chi connectivity index (χ0n) is 27.7. The first-order valence-corrected chi connectivity index (χ1v) is 18.8. The standard InChI is InChI=1S/C41H40BrN3O4S/c1-3-21-43(25-27-13-7-5-8-14-27)38(47)34-35-39(48)45(33(26-46)29-16-9-6-10-17-29)37(41(35)24-32(42)36(34)50-41)40(49)44(22-4-2)31-20-19-28-15-11-12-18-30(28)23-31/h3-20,23,32-37,46H,1-2,21-22,24-26H2/t32?,33-,34-,35+,36-,37?,41?/m1/s1. The van der Waals surface area contributed by atoms with Crippen molar-refractivity contribution in [3.05, 3.63) is 140 Å². The summed E-state index contributed by atoms with van der Waals surface area (Å²) < 4.78 is -0.904. The number of anilines is 1. The highest BCUT2D eigenvalue weighted by Gasteiger charge is 2.76. The number of rotatable bonds is 12. The fraction of sp³-hybridized carbons (Fsp3) is 0.293. The van der Waals surface area contributed by atoms with Gasteiger partial charge in [-0.3, -0.25) is 14.4 Å². The molecule has 0 aromatic heterocycles. The Labute approximate surface area is 305 Å². The van der Waals surface area contributed by atoms with E-state index in [4.69, 9.17) is 0 Å². The number of halogens is 1. The van der Waals surface area contributed by atoms with E-state index < -0.39 is 28.7 Å². The van der Waals surface area contributed by atoms with E-state index in [1.165, 1.54) is 0 Å². The van der Waals surface area contributed by atoms with Crippen LogP contribution in [0.2, 0.25) is 0 Å². The lowest BCUT2D eigenvalue weighted by Gasteiger charge is -2.40. The van der Waals surface area contributed by atoms with E-state index in [0.717, 1.165) is 21.9 Å². The van der Waals surface area contributed by atoms with Crippen LogP contribution in [0.5, 0.6) is 0 Å². The Morgan fingerprint density at radius 2 is 1.58 bits per heavy atom. The molecular formula is C41H40BrN3O4S. The molecule has 7 nitrogen and oxygen atoms in total. The van der Waals surface area contributed by atoms with Crippen LogP contribution in [0.15, 0.2) is 128 Å². The van der Waals surface area contributed by atoms with E-state index in [1.54, 1.807) is 38.6 Å². The Balaban J connectivity index is 1.34. The molecule has 3 unspecified atom stereocenters. The lowest BCUT2D eigenvalue weighted by Crippen LogP contribution is -2.56. The highest BCUT2D eigenvalue weighted by atomic mass is 79.9. The van der Waals surface area contributed by atoms with Crippen molar-refractivity contribution in [1.29, 1.82) is 0 Å². The quantitative estimate of drug-likeness (QED) is 0.128. The van der Waals surface area contributed by atoms with Gasteiger partial charge in [-0.05, 0) is 40.5 Å². The average Bonchev–Trinajstić information content (AvgIpc) is 3.74. The lowest BCUT2D eigenvalue weighted by molar-refractivity contribution is -0.145. The minimum Gasteiger partial charge on any atom is -0.394 e. The predicted molar refractivity (Wildman–Crippen MR) is 204 cm³/mol. The highest BCUT2D eigenvalue weighted by molar-refractivity contribution is 9.09. The van der Waals surface area contributed by atoms with Gasteiger partial charge in [-0.25, -0.2) is 0 Å². The van der Waals surface area contributed by atoms with Crippen molar-refractivity contribution in [2.45, 2.75) is 39.9 Å². The SMILES string of the molecule is C=CCN(Cc1ccccc1)C(=O)[C@H]1[C@@H]2SC3(CC2Br)C(C(=O)N(CC=C)c2ccc4ccccc4c2)N([C@H](CO)c2ccccc2)C(=O)[C@H]13. The third-order valence-electron chi connectivity index (χ3n) is 10.4. The molecule has 4 aromatic rings. The number of hydrogen-bond acceptors (Lipinski definition) is 5. The van der Waals surface area contributed by atoms with Gasteiger partial charge in [0, 0.05) is 35.4 Å². The molecule has 3 heterocycles. The number of fused-ring (bicyclic) bond motifs is 2. The van der Waals surface area contributed by atoms with Gasteiger partial charge in [0.15, 0.2) is 0 Å². The van der Waals surface area contributed by atoms with E-state index >= 15 is 9.59 Å². The molecule has 0 radical (unpaired) electrons. The minimum atomic E-state index is -0.946. The average molecular weight is 751 g/mol. The molecule has 1 N–H and O–H groups in total. The number of amides is 3. The Bertz CT molecular complexity index is 1920. The van der Waals surface area contributed by atoms with Crippen LogP contribution in [0, 0.1) is 11.8 Å². The summed E-state index contributed by atoms with van der Waals surface area (Å²) in [6, 6.07) is 31.3. The summed E-state index contributed by atoms with van der Waals surface area (Å²) in [7, 11) is 0. The number of benzene rings is 4. The van der Waals surface area contributed by atoms with Gasteiger partial charge in [-0.15, -0.1) is 24.9 Å². The summed E-state index contributed by atoms with van der Waals surface area (Å²) >= 11 is 5.51. The summed E-state index contributed by atoms with van der Waals surface area (Å²) in [4.78, 5) is 50.2. The van der Waals surface area contributed by atoms with Crippen molar-refractivity contribution in [2.24, 2.45) is 11.8 Å². The second kappa shape index (κ2) is 14.2. The fourth-order valence-electron chi connectivity index (χ4n) is 8.34. The molecule has 3 amide bonds. The summed E-state index contributed by atoms with van der Waals surface area (Å²) in [6.07, 6.45) is 3.94. The zero-order chi connectivity index (χ0) is 35.0. The first-order chi connectivity index (χ1) is 24.3. The molecule has 9 heteroatoms. The second-order valence-electron chi connectivity index (χ2n) is 13.3. The number of aliphatic hydroxyl groups is 1. The van der Waals surface area contributed by atoms with E-state index in [2.05, 4.69) is 29.1 Å². The maximum Gasteiger partial charge on any atom is 0.251 e. The third-order valence-corrected chi connectivity index (χ3v) is 13.7. The van der Waals surface area contributed by atoms with Gasteiger partial charge in [-0.2, -0.15) is 0 Å². The van der Waals surface area contributed by atoms with Crippen molar-refractivity contribution in [1.82, 2.24) is 9.80 Å². The number of aliphatic hydroxyl groups excluding tert-OH is 1. The van der Waals surface area contributed by atoms with Crippen LogP contribution in [0.1, 0.15) is 23.6 Å². The fourth-order valence-corrected chi connectivity index (χ4v) is 11.9. The number of carbonyl (C=O) groups is 3. The Kier molecular flexibility index (Phi) is 9.74. The van der Waals surface area contributed by atoms with Crippen molar-refractivity contribution in [2.75, 3.05) is 24.6 Å². The minimum absolute atomic E-state index is 0.0964. The van der Waals surface area contributed by atoms with Crippen molar-refractivity contribution in [3.8, 4) is 0 Å². The predicted octanol–water partition coefficient (Wildman–Crippen LogP) is 6.77. The van der Waals surface area contributed by atoms with Gasteiger partial charge in [0.25, 0.3) is 5.91 Å². The topological polar surface area (TPSA) is 81.2 Å².